The van der Waals surface area contributed by atoms with Gasteiger partial charge < -0.3 is 24.5 Å². The number of hydrogen-bond acceptors (Lipinski definition) is 7. The van der Waals surface area contributed by atoms with Gasteiger partial charge in [0.1, 0.15) is 0 Å². The maximum absolute atomic E-state index is 6.45. The van der Waals surface area contributed by atoms with Gasteiger partial charge in [-0.3, -0.25) is 0 Å². The van der Waals surface area contributed by atoms with Gasteiger partial charge in [-0.15, -0.1) is 12.4 Å². The van der Waals surface area contributed by atoms with Gasteiger partial charge in [-0.25, -0.2) is 0 Å². The maximum atomic E-state index is 6.45. The first-order valence-corrected chi connectivity index (χ1v) is 8.43. The van der Waals surface area contributed by atoms with Crippen LogP contribution >= 0.6 is 12.4 Å². The van der Waals surface area contributed by atoms with Crippen LogP contribution in [-0.2, 0) is 0 Å². The van der Waals surface area contributed by atoms with Crippen LogP contribution in [0.15, 0.2) is 16.7 Å². The molecule has 1 aromatic heterocycles. The van der Waals surface area contributed by atoms with Crippen LogP contribution in [0.5, 0.6) is 17.2 Å². The van der Waals surface area contributed by atoms with Crippen LogP contribution in [0.4, 0.5) is 0 Å². The predicted molar refractivity (Wildman–Crippen MR) is 100 cm³/mol. The zero-order valence-corrected chi connectivity index (χ0v) is 16.4. The van der Waals surface area contributed by atoms with Crippen molar-refractivity contribution in [2.24, 2.45) is 5.73 Å². The van der Waals surface area contributed by atoms with Crippen LogP contribution in [0, 0.1) is 0 Å². The van der Waals surface area contributed by atoms with Crippen molar-refractivity contribution >= 4 is 12.4 Å². The first kappa shape index (κ1) is 20.3. The molecule has 0 bridgehead atoms. The molecule has 2 aromatic rings. The largest absolute Gasteiger partial charge is 0.493 e. The van der Waals surface area contributed by atoms with E-state index in [1.165, 1.54) is 0 Å². The minimum atomic E-state index is -0.322. The first-order valence-electron chi connectivity index (χ1n) is 8.43. The number of aromatic nitrogens is 2. The lowest BCUT2D eigenvalue weighted by atomic mass is 9.74. The summed E-state index contributed by atoms with van der Waals surface area (Å²) in [6, 6.07) is 3.61. The number of hydrogen-bond donors (Lipinski definition) is 1. The molecule has 0 radical (unpaired) electrons. The van der Waals surface area contributed by atoms with Crippen molar-refractivity contribution in [1.29, 1.82) is 0 Å². The summed E-state index contributed by atoms with van der Waals surface area (Å²) in [6.07, 6.45) is 4.18. The van der Waals surface area contributed by atoms with Gasteiger partial charge in [0.05, 0.1) is 27.2 Å². The highest BCUT2D eigenvalue weighted by Crippen LogP contribution is 2.42. The van der Waals surface area contributed by atoms with Crippen molar-refractivity contribution in [3.05, 3.63) is 18.0 Å². The van der Waals surface area contributed by atoms with Crippen molar-refractivity contribution in [2.45, 2.75) is 44.1 Å². The molecule has 1 saturated carbocycles. The Bertz CT molecular complexity index is 723. The molecular formula is C18H26ClN3O4. The molecule has 1 aromatic carbocycles. The van der Waals surface area contributed by atoms with Crippen molar-refractivity contribution in [2.75, 3.05) is 21.3 Å². The number of nitrogens with zero attached hydrogens (tertiary/aromatic N) is 2. The molecule has 8 heteroatoms. The van der Waals surface area contributed by atoms with Crippen molar-refractivity contribution in [3.8, 4) is 28.6 Å². The monoisotopic (exact) mass is 383 g/mol. The van der Waals surface area contributed by atoms with Gasteiger partial charge >= 0.3 is 0 Å². The van der Waals surface area contributed by atoms with Gasteiger partial charge in [-0.2, -0.15) is 4.98 Å². The molecule has 2 atom stereocenters. The minimum absolute atomic E-state index is 0. The van der Waals surface area contributed by atoms with E-state index in [9.17, 15) is 0 Å². The lowest BCUT2D eigenvalue weighted by molar-refractivity contribution is 0.223. The molecular weight excluding hydrogens is 358 g/mol. The highest BCUT2D eigenvalue weighted by molar-refractivity contribution is 5.85. The molecule has 0 amide bonds. The second-order valence-electron chi connectivity index (χ2n) is 6.67. The third kappa shape index (κ3) is 3.73. The summed E-state index contributed by atoms with van der Waals surface area (Å²) >= 11 is 0. The van der Waals surface area contributed by atoms with E-state index in [-0.39, 0.29) is 23.9 Å². The van der Waals surface area contributed by atoms with E-state index in [1.807, 2.05) is 0 Å². The topological polar surface area (TPSA) is 92.6 Å². The molecule has 2 N–H and O–H groups in total. The van der Waals surface area contributed by atoms with Crippen LogP contribution < -0.4 is 19.9 Å². The van der Waals surface area contributed by atoms with Gasteiger partial charge in [0, 0.05) is 11.1 Å². The molecule has 3 rings (SSSR count). The van der Waals surface area contributed by atoms with Gasteiger partial charge in [0.15, 0.2) is 11.5 Å². The molecule has 1 aliphatic carbocycles. The molecule has 0 aliphatic heterocycles. The smallest absolute Gasteiger partial charge is 0.231 e. The van der Waals surface area contributed by atoms with Crippen LogP contribution in [0.1, 0.15) is 44.4 Å². The Labute approximate surface area is 159 Å². The second-order valence-corrected chi connectivity index (χ2v) is 6.67. The van der Waals surface area contributed by atoms with Crippen LogP contribution in [-0.4, -0.2) is 37.0 Å². The van der Waals surface area contributed by atoms with Crippen LogP contribution in [0.2, 0.25) is 0 Å². The summed E-state index contributed by atoms with van der Waals surface area (Å²) < 4.78 is 21.7. The highest BCUT2D eigenvalue weighted by Gasteiger charge is 2.37. The van der Waals surface area contributed by atoms with E-state index in [2.05, 4.69) is 17.1 Å². The van der Waals surface area contributed by atoms with E-state index in [1.54, 1.807) is 33.5 Å². The zero-order chi connectivity index (χ0) is 18.0. The number of rotatable bonds is 5. The lowest BCUT2D eigenvalue weighted by Gasteiger charge is -2.35. The fourth-order valence-electron chi connectivity index (χ4n) is 3.47. The Morgan fingerprint density at radius 1 is 1.12 bits per heavy atom. The average Bonchev–Trinajstić information content (AvgIpc) is 3.09. The van der Waals surface area contributed by atoms with Gasteiger partial charge in [-0.1, -0.05) is 18.0 Å². The summed E-state index contributed by atoms with van der Waals surface area (Å²) in [5, 5.41) is 4.14. The Kier molecular flexibility index (Phi) is 6.36. The molecule has 1 heterocycles. The molecule has 1 aliphatic rings. The second kappa shape index (κ2) is 8.14. The molecule has 0 spiro atoms. The third-order valence-corrected chi connectivity index (χ3v) is 4.92. The SMILES string of the molecule is COc1cc(-c2noc(C3CCCCC3(C)N)n2)cc(OC)c1OC.Cl. The normalized spacial score (nSPS) is 22.4. The summed E-state index contributed by atoms with van der Waals surface area (Å²) in [5.74, 6) is 2.77. The first-order chi connectivity index (χ1) is 12.0. The summed E-state index contributed by atoms with van der Waals surface area (Å²) in [5.41, 5.74) is 6.86. The standard InChI is InChI=1S/C18H25N3O4.ClH/c1-18(19)8-6-5-7-12(18)17-20-16(21-25-17)11-9-13(22-2)15(24-4)14(10-11)23-3;/h9-10,12H,5-8,19H2,1-4H3;1H. The number of halogens is 1. The number of ether oxygens (including phenoxy) is 3. The van der Waals surface area contributed by atoms with Crippen molar-refractivity contribution in [3.63, 3.8) is 0 Å². The fourth-order valence-corrected chi connectivity index (χ4v) is 3.47. The van der Waals surface area contributed by atoms with Gasteiger partial charge in [0.25, 0.3) is 0 Å². The highest BCUT2D eigenvalue weighted by atomic mass is 35.5. The van der Waals surface area contributed by atoms with Gasteiger partial charge in [-0.05, 0) is 31.9 Å². The fraction of sp³-hybridized carbons (Fsp3) is 0.556. The maximum Gasteiger partial charge on any atom is 0.231 e. The molecule has 2 unspecified atom stereocenters. The number of nitrogens with two attached hydrogens (primary N) is 1. The quantitative estimate of drug-likeness (QED) is 0.843. The zero-order valence-electron chi connectivity index (χ0n) is 15.6. The van der Waals surface area contributed by atoms with Crippen LogP contribution in [0.25, 0.3) is 11.4 Å². The summed E-state index contributed by atoms with van der Waals surface area (Å²) in [7, 11) is 4.72. The molecule has 7 nitrogen and oxygen atoms in total. The van der Waals surface area contributed by atoms with E-state index >= 15 is 0 Å². The Morgan fingerprint density at radius 3 is 2.31 bits per heavy atom. The number of methoxy groups -OCH3 is 3. The Balaban J connectivity index is 0.00000243. The lowest BCUT2D eigenvalue weighted by Crippen LogP contribution is -2.44. The van der Waals surface area contributed by atoms with E-state index in [4.69, 9.17) is 24.5 Å². The molecule has 26 heavy (non-hydrogen) atoms. The predicted octanol–water partition coefficient (Wildman–Crippen LogP) is 3.56. The molecule has 144 valence electrons. The average molecular weight is 384 g/mol. The third-order valence-electron chi connectivity index (χ3n) is 4.92. The van der Waals surface area contributed by atoms with E-state index in [0.717, 1.165) is 31.2 Å². The van der Waals surface area contributed by atoms with Crippen LogP contribution in [0.3, 0.4) is 0 Å². The summed E-state index contributed by atoms with van der Waals surface area (Å²) in [4.78, 5) is 4.60. The Hall–Kier alpha value is -1.99. The number of benzene rings is 1. The van der Waals surface area contributed by atoms with Gasteiger partial charge in [0.2, 0.25) is 17.5 Å². The minimum Gasteiger partial charge on any atom is -0.493 e. The van der Waals surface area contributed by atoms with Crippen molar-refractivity contribution in [1.82, 2.24) is 10.1 Å². The molecule has 0 saturated heterocycles. The Morgan fingerprint density at radius 2 is 1.77 bits per heavy atom. The summed E-state index contributed by atoms with van der Waals surface area (Å²) in [6.45, 7) is 2.06. The van der Waals surface area contributed by atoms with E-state index < -0.39 is 0 Å². The van der Waals surface area contributed by atoms with Crippen molar-refractivity contribution < 1.29 is 18.7 Å². The molecule has 1 fully saturated rings. The van der Waals surface area contributed by atoms with E-state index in [0.29, 0.717) is 29.0 Å².